The number of hydrogen-bond acceptors (Lipinski definition) is 3. The van der Waals surface area contributed by atoms with Crippen LogP contribution >= 0.6 is 11.6 Å². The molecule has 114 valence electrons. The van der Waals surface area contributed by atoms with E-state index in [1.54, 1.807) is 0 Å². The van der Waals surface area contributed by atoms with E-state index in [0.717, 1.165) is 25.7 Å². The van der Waals surface area contributed by atoms with Crippen molar-refractivity contribution < 1.29 is 19.4 Å². The standard InChI is InChI=1S/C15H18ClNO4/c16-12-8-4-7-11(15(19)20)14(12)21-9-13(18)17-10-5-2-1-3-6-10/h4,7-8,10H,1-3,5-6,9H2,(H,17,18)(H,19,20). The molecule has 0 heterocycles. The quantitative estimate of drug-likeness (QED) is 0.876. The lowest BCUT2D eigenvalue weighted by atomic mass is 9.95. The Kier molecular flexibility index (Phi) is 5.44. The molecule has 0 saturated heterocycles. The molecule has 0 unspecified atom stereocenters. The second-order valence-electron chi connectivity index (χ2n) is 5.11. The number of rotatable bonds is 5. The largest absolute Gasteiger partial charge is 0.481 e. The van der Waals surface area contributed by atoms with Gasteiger partial charge in [-0.2, -0.15) is 0 Å². The predicted molar refractivity (Wildman–Crippen MR) is 78.9 cm³/mol. The maximum Gasteiger partial charge on any atom is 0.339 e. The van der Waals surface area contributed by atoms with Crippen LogP contribution in [0.2, 0.25) is 5.02 Å². The van der Waals surface area contributed by atoms with Crippen LogP contribution in [0.1, 0.15) is 42.5 Å². The van der Waals surface area contributed by atoms with E-state index in [2.05, 4.69) is 5.32 Å². The maximum absolute atomic E-state index is 11.9. The smallest absolute Gasteiger partial charge is 0.339 e. The molecule has 0 aromatic heterocycles. The number of carboxylic acid groups (broad SMARTS) is 1. The molecule has 5 nitrogen and oxygen atoms in total. The first-order valence-electron chi connectivity index (χ1n) is 7.02. The molecule has 1 fully saturated rings. The van der Waals surface area contributed by atoms with Gasteiger partial charge in [-0.15, -0.1) is 0 Å². The molecule has 2 rings (SSSR count). The number of carbonyl (C=O) groups excluding carboxylic acids is 1. The minimum Gasteiger partial charge on any atom is -0.481 e. The van der Waals surface area contributed by atoms with Crippen LogP contribution in [0.25, 0.3) is 0 Å². The van der Waals surface area contributed by atoms with E-state index in [9.17, 15) is 9.59 Å². The van der Waals surface area contributed by atoms with Gasteiger partial charge in [-0.1, -0.05) is 36.9 Å². The summed E-state index contributed by atoms with van der Waals surface area (Å²) in [6, 6.07) is 4.64. The van der Waals surface area contributed by atoms with Gasteiger partial charge in [0.25, 0.3) is 5.91 Å². The third-order valence-electron chi connectivity index (χ3n) is 3.52. The zero-order valence-corrected chi connectivity index (χ0v) is 12.4. The first-order chi connectivity index (χ1) is 10.1. The second kappa shape index (κ2) is 7.31. The summed E-state index contributed by atoms with van der Waals surface area (Å²) in [6.45, 7) is -0.236. The number of carbonyl (C=O) groups is 2. The summed E-state index contributed by atoms with van der Waals surface area (Å²) >= 11 is 5.93. The first-order valence-corrected chi connectivity index (χ1v) is 7.39. The summed E-state index contributed by atoms with van der Waals surface area (Å²) in [4.78, 5) is 22.9. The number of nitrogens with one attached hydrogen (secondary N) is 1. The molecule has 0 atom stereocenters. The van der Waals surface area contributed by atoms with Crippen molar-refractivity contribution in [3.8, 4) is 5.75 Å². The van der Waals surface area contributed by atoms with Gasteiger partial charge < -0.3 is 15.2 Å². The SMILES string of the molecule is O=C(COc1c(Cl)cccc1C(=O)O)NC1CCCCC1. The highest BCUT2D eigenvalue weighted by atomic mass is 35.5. The third-order valence-corrected chi connectivity index (χ3v) is 3.81. The summed E-state index contributed by atoms with van der Waals surface area (Å²) in [5.74, 6) is -1.36. The first kappa shape index (κ1) is 15.6. The Morgan fingerprint density at radius 3 is 2.67 bits per heavy atom. The summed E-state index contributed by atoms with van der Waals surface area (Å²) in [5.41, 5.74) is -0.0482. The number of para-hydroxylation sites is 1. The fraction of sp³-hybridized carbons (Fsp3) is 0.467. The number of aromatic carboxylic acids is 1. The highest BCUT2D eigenvalue weighted by molar-refractivity contribution is 6.32. The Morgan fingerprint density at radius 1 is 1.29 bits per heavy atom. The van der Waals surface area contributed by atoms with Crippen molar-refractivity contribution in [2.24, 2.45) is 0 Å². The minimum atomic E-state index is -1.14. The summed E-state index contributed by atoms with van der Waals surface area (Å²) in [5, 5.41) is 12.2. The van der Waals surface area contributed by atoms with E-state index >= 15 is 0 Å². The van der Waals surface area contributed by atoms with E-state index in [1.165, 1.54) is 24.6 Å². The van der Waals surface area contributed by atoms with Crippen LogP contribution < -0.4 is 10.1 Å². The Labute approximate surface area is 128 Å². The fourth-order valence-corrected chi connectivity index (χ4v) is 2.71. The van der Waals surface area contributed by atoms with Crippen molar-refractivity contribution in [2.45, 2.75) is 38.1 Å². The number of hydrogen-bond donors (Lipinski definition) is 2. The fourth-order valence-electron chi connectivity index (χ4n) is 2.48. The number of ether oxygens (including phenoxy) is 1. The predicted octanol–water partition coefficient (Wildman–Crippen LogP) is 2.87. The monoisotopic (exact) mass is 311 g/mol. The van der Waals surface area contributed by atoms with Gasteiger partial charge in [-0.3, -0.25) is 4.79 Å². The third kappa shape index (κ3) is 4.36. The molecule has 21 heavy (non-hydrogen) atoms. The van der Waals surface area contributed by atoms with Gasteiger partial charge in [0.05, 0.1) is 5.02 Å². The van der Waals surface area contributed by atoms with E-state index < -0.39 is 5.97 Å². The highest BCUT2D eigenvalue weighted by Crippen LogP contribution is 2.28. The maximum atomic E-state index is 11.9. The molecule has 1 amide bonds. The molecule has 0 spiro atoms. The van der Waals surface area contributed by atoms with Crippen LogP contribution in [0.15, 0.2) is 18.2 Å². The van der Waals surface area contributed by atoms with Gasteiger partial charge in [0.15, 0.2) is 12.4 Å². The molecule has 1 aliphatic rings. The summed E-state index contributed by atoms with van der Waals surface area (Å²) in [6.07, 6.45) is 5.43. The van der Waals surface area contributed by atoms with Crippen LogP contribution in [0.4, 0.5) is 0 Å². The lowest BCUT2D eigenvalue weighted by Crippen LogP contribution is -2.39. The van der Waals surface area contributed by atoms with Crippen LogP contribution in [-0.4, -0.2) is 29.6 Å². The van der Waals surface area contributed by atoms with Crippen molar-refractivity contribution in [3.05, 3.63) is 28.8 Å². The Balaban J connectivity index is 1.93. The lowest BCUT2D eigenvalue weighted by Gasteiger charge is -2.22. The number of halogens is 1. The number of benzene rings is 1. The van der Waals surface area contributed by atoms with Crippen LogP contribution in [0, 0.1) is 0 Å². The summed E-state index contributed by atoms with van der Waals surface area (Å²) in [7, 11) is 0. The Hall–Kier alpha value is -1.75. The molecule has 0 bridgehead atoms. The Bertz CT molecular complexity index is 526. The van der Waals surface area contributed by atoms with Gasteiger partial charge >= 0.3 is 5.97 Å². The van der Waals surface area contributed by atoms with Gasteiger partial charge in [-0.25, -0.2) is 4.79 Å². The molecule has 0 aliphatic heterocycles. The van der Waals surface area contributed by atoms with Crippen molar-refractivity contribution in [1.82, 2.24) is 5.32 Å². The molecule has 1 aliphatic carbocycles. The Morgan fingerprint density at radius 2 is 2.00 bits per heavy atom. The normalized spacial score (nSPS) is 15.5. The second-order valence-corrected chi connectivity index (χ2v) is 5.52. The van der Waals surface area contributed by atoms with Crippen LogP contribution in [-0.2, 0) is 4.79 Å². The van der Waals surface area contributed by atoms with Crippen molar-refractivity contribution in [2.75, 3.05) is 6.61 Å². The molecule has 1 saturated carbocycles. The number of amides is 1. The van der Waals surface area contributed by atoms with Crippen molar-refractivity contribution in [3.63, 3.8) is 0 Å². The molecule has 1 aromatic rings. The van der Waals surface area contributed by atoms with Gasteiger partial charge in [0, 0.05) is 6.04 Å². The van der Waals surface area contributed by atoms with Gasteiger partial charge in [-0.05, 0) is 25.0 Å². The molecule has 2 N–H and O–H groups in total. The zero-order valence-electron chi connectivity index (χ0n) is 11.6. The van der Waals surface area contributed by atoms with Crippen LogP contribution in [0.3, 0.4) is 0 Å². The average Bonchev–Trinajstić information content (AvgIpc) is 2.46. The van der Waals surface area contributed by atoms with E-state index in [0.29, 0.717) is 0 Å². The zero-order chi connectivity index (χ0) is 15.2. The topological polar surface area (TPSA) is 75.6 Å². The molecular formula is C15H18ClNO4. The molecule has 1 aromatic carbocycles. The molecule has 6 heteroatoms. The van der Waals surface area contributed by atoms with E-state index in [4.69, 9.17) is 21.4 Å². The summed E-state index contributed by atoms with van der Waals surface area (Å²) < 4.78 is 5.31. The van der Waals surface area contributed by atoms with Crippen molar-refractivity contribution in [1.29, 1.82) is 0 Å². The van der Waals surface area contributed by atoms with E-state index in [1.807, 2.05) is 0 Å². The van der Waals surface area contributed by atoms with Gasteiger partial charge in [0.2, 0.25) is 0 Å². The minimum absolute atomic E-state index is 0.0328. The molecule has 0 radical (unpaired) electrons. The lowest BCUT2D eigenvalue weighted by molar-refractivity contribution is -0.124. The van der Waals surface area contributed by atoms with Crippen LogP contribution in [0.5, 0.6) is 5.75 Å². The highest BCUT2D eigenvalue weighted by Gasteiger charge is 2.18. The average molecular weight is 312 g/mol. The van der Waals surface area contributed by atoms with E-state index in [-0.39, 0.29) is 34.9 Å². The molecular weight excluding hydrogens is 294 g/mol. The van der Waals surface area contributed by atoms with Gasteiger partial charge in [0.1, 0.15) is 5.56 Å². The van der Waals surface area contributed by atoms with Crippen molar-refractivity contribution >= 4 is 23.5 Å². The number of carboxylic acids is 1.